The van der Waals surface area contributed by atoms with Gasteiger partial charge in [-0.15, -0.1) is 0 Å². The highest BCUT2D eigenvalue weighted by molar-refractivity contribution is 8.26. The maximum atomic E-state index is 13.2. The Labute approximate surface area is 186 Å². The van der Waals surface area contributed by atoms with E-state index in [1.807, 2.05) is 0 Å². The van der Waals surface area contributed by atoms with Gasteiger partial charge in [-0.2, -0.15) is 0 Å². The highest BCUT2D eigenvalue weighted by atomic mass is 35.5. The molecular formula is C20H15ClFNO5S2. The number of methoxy groups -OCH3 is 1. The van der Waals surface area contributed by atoms with Crippen molar-refractivity contribution in [1.82, 2.24) is 4.90 Å². The molecule has 30 heavy (non-hydrogen) atoms. The number of nitrogens with zero attached hydrogens (tertiary/aromatic N) is 1. The first-order valence-corrected chi connectivity index (χ1v) is 10.1. The van der Waals surface area contributed by atoms with Crippen LogP contribution in [0.25, 0.3) is 6.08 Å². The molecule has 0 aliphatic carbocycles. The molecule has 0 spiro atoms. The smallest absolute Gasteiger partial charge is 0.323 e. The van der Waals surface area contributed by atoms with Crippen molar-refractivity contribution in [1.29, 1.82) is 0 Å². The molecule has 1 N–H and O–H groups in total. The average Bonchev–Trinajstić information content (AvgIpc) is 2.95. The van der Waals surface area contributed by atoms with Crippen molar-refractivity contribution in [3.05, 3.63) is 63.3 Å². The lowest BCUT2D eigenvalue weighted by molar-refractivity contribution is -0.140. The molecule has 1 saturated heterocycles. The van der Waals surface area contributed by atoms with Gasteiger partial charge in [0.2, 0.25) is 0 Å². The number of halogens is 2. The normalized spacial score (nSPS) is 15.0. The van der Waals surface area contributed by atoms with E-state index in [1.54, 1.807) is 24.3 Å². The largest absolute Gasteiger partial charge is 0.493 e. The molecule has 1 heterocycles. The molecule has 3 rings (SSSR count). The van der Waals surface area contributed by atoms with Crippen molar-refractivity contribution in [3.63, 3.8) is 0 Å². The van der Waals surface area contributed by atoms with Crippen LogP contribution in [0.4, 0.5) is 4.39 Å². The molecule has 1 fully saturated rings. The summed E-state index contributed by atoms with van der Waals surface area (Å²) in [5.41, 5.74) is 1.26. The Balaban J connectivity index is 1.77. The van der Waals surface area contributed by atoms with E-state index >= 15 is 0 Å². The van der Waals surface area contributed by atoms with E-state index < -0.39 is 24.2 Å². The molecule has 0 bridgehead atoms. The maximum Gasteiger partial charge on any atom is 0.323 e. The second kappa shape index (κ2) is 9.46. The highest BCUT2D eigenvalue weighted by Crippen LogP contribution is 2.35. The molecule has 0 unspecified atom stereocenters. The summed E-state index contributed by atoms with van der Waals surface area (Å²) < 4.78 is 24.5. The topological polar surface area (TPSA) is 76.1 Å². The minimum atomic E-state index is -1.14. The number of rotatable bonds is 7. The number of ether oxygens (including phenoxy) is 2. The standard InChI is InChI=1S/C20H15ClFNO5S2/c1-27-16-6-11(7-17-19(26)23(9-18(24)25)20(29)30-17)2-5-15(16)28-10-12-3-4-13(22)8-14(12)21/h2-8H,9-10H2,1H3,(H,24,25)/b17-7+. The summed E-state index contributed by atoms with van der Waals surface area (Å²) in [4.78, 5) is 24.6. The lowest BCUT2D eigenvalue weighted by Crippen LogP contribution is -2.33. The van der Waals surface area contributed by atoms with E-state index in [0.717, 1.165) is 16.7 Å². The van der Waals surface area contributed by atoms with E-state index in [1.165, 1.54) is 25.3 Å². The first kappa shape index (κ1) is 22.1. The minimum absolute atomic E-state index is 0.114. The van der Waals surface area contributed by atoms with Crippen molar-refractivity contribution in [2.45, 2.75) is 6.61 Å². The van der Waals surface area contributed by atoms with Gasteiger partial charge in [-0.25, -0.2) is 4.39 Å². The molecule has 2 aromatic rings. The number of carbonyl (C=O) groups excluding carboxylic acids is 1. The molecule has 1 aliphatic rings. The van der Waals surface area contributed by atoms with Crippen LogP contribution in [-0.4, -0.2) is 39.9 Å². The summed E-state index contributed by atoms with van der Waals surface area (Å²) >= 11 is 12.1. The number of carboxylic acid groups (broad SMARTS) is 1. The third-order valence-corrected chi connectivity index (χ3v) is 5.78. The van der Waals surface area contributed by atoms with Crippen LogP contribution in [0.15, 0.2) is 41.3 Å². The van der Waals surface area contributed by atoms with E-state index in [0.29, 0.717) is 27.5 Å². The Morgan fingerprint density at radius 1 is 1.30 bits per heavy atom. The summed E-state index contributed by atoms with van der Waals surface area (Å²) in [7, 11) is 1.48. The number of hydrogen-bond acceptors (Lipinski definition) is 6. The Hall–Kier alpha value is -2.62. The molecule has 10 heteroatoms. The number of thioether (sulfide) groups is 1. The molecule has 0 atom stereocenters. The fraction of sp³-hybridized carbons (Fsp3) is 0.150. The monoisotopic (exact) mass is 467 g/mol. The molecule has 156 valence electrons. The maximum absolute atomic E-state index is 13.2. The second-order valence-corrected chi connectivity index (χ2v) is 8.18. The van der Waals surface area contributed by atoms with Gasteiger partial charge in [0, 0.05) is 5.56 Å². The Bertz CT molecular complexity index is 1060. The third kappa shape index (κ3) is 5.10. The van der Waals surface area contributed by atoms with Crippen LogP contribution >= 0.6 is 35.6 Å². The predicted octanol–water partition coefficient (Wildman–Crippen LogP) is 4.35. The summed E-state index contributed by atoms with van der Waals surface area (Å²) in [5, 5.41) is 9.17. The zero-order chi connectivity index (χ0) is 21.8. The molecule has 6 nitrogen and oxygen atoms in total. The quantitative estimate of drug-likeness (QED) is 0.479. The van der Waals surface area contributed by atoms with Crippen LogP contribution in [-0.2, 0) is 16.2 Å². The van der Waals surface area contributed by atoms with E-state index in [9.17, 15) is 14.0 Å². The van der Waals surface area contributed by atoms with Crippen LogP contribution in [0.2, 0.25) is 5.02 Å². The number of aliphatic carboxylic acids is 1. The van der Waals surface area contributed by atoms with E-state index in [-0.39, 0.29) is 16.0 Å². The fourth-order valence-corrected chi connectivity index (χ4v) is 4.09. The van der Waals surface area contributed by atoms with E-state index in [2.05, 4.69) is 0 Å². The lowest BCUT2D eigenvalue weighted by Gasteiger charge is -2.12. The minimum Gasteiger partial charge on any atom is -0.493 e. The van der Waals surface area contributed by atoms with Gasteiger partial charge in [0.15, 0.2) is 11.5 Å². The number of hydrogen-bond donors (Lipinski definition) is 1. The molecule has 1 aliphatic heterocycles. The molecule has 0 radical (unpaired) electrons. The summed E-state index contributed by atoms with van der Waals surface area (Å²) in [6, 6.07) is 9.10. The average molecular weight is 468 g/mol. The molecule has 0 saturated carbocycles. The van der Waals surface area contributed by atoms with Crippen molar-refractivity contribution in [2.75, 3.05) is 13.7 Å². The Morgan fingerprint density at radius 2 is 2.07 bits per heavy atom. The van der Waals surface area contributed by atoms with Gasteiger partial charge in [0.1, 0.15) is 23.3 Å². The van der Waals surface area contributed by atoms with Crippen molar-refractivity contribution < 1.29 is 28.6 Å². The molecular weight excluding hydrogens is 453 g/mol. The molecule has 1 amide bonds. The Kier molecular flexibility index (Phi) is 6.96. The number of thiocarbonyl (C=S) groups is 1. The Morgan fingerprint density at radius 3 is 2.73 bits per heavy atom. The van der Waals surface area contributed by atoms with Crippen LogP contribution < -0.4 is 9.47 Å². The van der Waals surface area contributed by atoms with Crippen molar-refractivity contribution in [3.8, 4) is 11.5 Å². The van der Waals surface area contributed by atoms with Gasteiger partial charge < -0.3 is 14.6 Å². The zero-order valence-electron chi connectivity index (χ0n) is 15.6. The molecule has 0 aromatic heterocycles. The zero-order valence-corrected chi connectivity index (χ0v) is 17.9. The van der Waals surface area contributed by atoms with Crippen LogP contribution in [0, 0.1) is 5.82 Å². The predicted molar refractivity (Wildman–Crippen MR) is 116 cm³/mol. The van der Waals surface area contributed by atoms with Gasteiger partial charge >= 0.3 is 5.97 Å². The van der Waals surface area contributed by atoms with Gasteiger partial charge in [0.05, 0.1) is 17.0 Å². The highest BCUT2D eigenvalue weighted by Gasteiger charge is 2.33. The molecule has 2 aromatic carbocycles. The lowest BCUT2D eigenvalue weighted by atomic mass is 10.1. The number of carbonyl (C=O) groups is 2. The summed E-state index contributed by atoms with van der Waals surface area (Å²) in [6.07, 6.45) is 1.60. The summed E-state index contributed by atoms with van der Waals surface area (Å²) in [6.45, 7) is -0.368. The van der Waals surface area contributed by atoms with Crippen LogP contribution in [0.3, 0.4) is 0 Å². The van der Waals surface area contributed by atoms with Gasteiger partial charge in [-0.3, -0.25) is 14.5 Å². The number of carboxylic acids is 1. The van der Waals surface area contributed by atoms with Crippen LogP contribution in [0.1, 0.15) is 11.1 Å². The van der Waals surface area contributed by atoms with Crippen molar-refractivity contribution in [2.24, 2.45) is 0 Å². The van der Waals surface area contributed by atoms with Gasteiger partial charge in [-0.1, -0.05) is 47.7 Å². The SMILES string of the molecule is COc1cc(/C=C2/SC(=S)N(CC(=O)O)C2=O)ccc1OCc1ccc(F)cc1Cl. The number of amides is 1. The number of benzene rings is 2. The third-order valence-electron chi connectivity index (χ3n) is 4.05. The fourth-order valence-electron chi connectivity index (χ4n) is 2.61. The summed E-state index contributed by atoms with van der Waals surface area (Å²) in [5.74, 6) is -1.18. The first-order valence-electron chi connectivity index (χ1n) is 8.50. The van der Waals surface area contributed by atoms with Crippen molar-refractivity contribution >= 4 is 57.9 Å². The van der Waals surface area contributed by atoms with Crippen LogP contribution in [0.5, 0.6) is 11.5 Å². The second-order valence-electron chi connectivity index (χ2n) is 6.10. The van der Waals surface area contributed by atoms with E-state index in [4.69, 9.17) is 38.4 Å². The van der Waals surface area contributed by atoms with Gasteiger partial charge in [0.25, 0.3) is 5.91 Å². The van der Waals surface area contributed by atoms with Gasteiger partial charge in [-0.05, 0) is 35.9 Å². The first-order chi connectivity index (χ1) is 14.3.